The molecule has 18 heavy (non-hydrogen) atoms. The predicted octanol–water partition coefficient (Wildman–Crippen LogP) is 2.54. The molecule has 0 radical (unpaired) electrons. The van der Waals surface area contributed by atoms with E-state index in [0.29, 0.717) is 0 Å². The maximum absolute atomic E-state index is 12.5. The van der Waals surface area contributed by atoms with E-state index in [1.165, 1.54) is 0 Å². The summed E-state index contributed by atoms with van der Waals surface area (Å²) in [7, 11) is 0. The van der Waals surface area contributed by atoms with Crippen molar-refractivity contribution in [2.24, 2.45) is 0 Å². The highest BCUT2D eigenvalue weighted by Gasteiger charge is 2.31. The molecule has 1 rings (SSSR count). The van der Waals surface area contributed by atoms with Crippen LogP contribution in [-0.4, -0.2) is 11.9 Å². The molecule has 0 spiro atoms. The SMILES string of the molecule is CC(C)NC(=O)c1cc(C(F)(F)F)ccc1N.S. The summed E-state index contributed by atoms with van der Waals surface area (Å²) in [5, 5.41) is 2.49. The van der Waals surface area contributed by atoms with E-state index in [0.717, 1.165) is 18.2 Å². The van der Waals surface area contributed by atoms with Crippen molar-refractivity contribution >= 4 is 25.1 Å². The number of halogens is 3. The molecule has 0 saturated carbocycles. The third-order valence-electron chi connectivity index (χ3n) is 2.05. The molecule has 1 aromatic carbocycles. The molecule has 0 aliphatic heterocycles. The second-order valence-corrected chi connectivity index (χ2v) is 3.93. The minimum Gasteiger partial charge on any atom is -0.398 e. The number of nitrogen functional groups attached to an aromatic ring is 1. The van der Waals surface area contributed by atoms with E-state index >= 15 is 0 Å². The Balaban J connectivity index is 0.00000289. The van der Waals surface area contributed by atoms with Gasteiger partial charge in [-0.2, -0.15) is 26.7 Å². The fourth-order valence-electron chi connectivity index (χ4n) is 1.27. The maximum Gasteiger partial charge on any atom is 0.416 e. The number of hydrogen-bond acceptors (Lipinski definition) is 2. The van der Waals surface area contributed by atoms with Crippen LogP contribution in [0.15, 0.2) is 18.2 Å². The largest absolute Gasteiger partial charge is 0.416 e. The fourth-order valence-corrected chi connectivity index (χ4v) is 1.27. The van der Waals surface area contributed by atoms with E-state index in [-0.39, 0.29) is 30.8 Å². The van der Waals surface area contributed by atoms with Crippen LogP contribution in [0.2, 0.25) is 0 Å². The Labute approximate surface area is 110 Å². The van der Waals surface area contributed by atoms with E-state index in [1.807, 2.05) is 0 Å². The average molecular weight is 280 g/mol. The molecular weight excluding hydrogens is 265 g/mol. The van der Waals surface area contributed by atoms with E-state index in [4.69, 9.17) is 5.73 Å². The maximum atomic E-state index is 12.5. The normalized spacial score (nSPS) is 11.0. The fraction of sp³-hybridized carbons (Fsp3) is 0.364. The predicted molar refractivity (Wildman–Crippen MR) is 68.8 cm³/mol. The third kappa shape index (κ3) is 4.14. The highest BCUT2D eigenvalue weighted by atomic mass is 32.1. The van der Waals surface area contributed by atoms with Gasteiger partial charge in [0, 0.05) is 11.7 Å². The van der Waals surface area contributed by atoms with Crippen molar-refractivity contribution in [3.63, 3.8) is 0 Å². The van der Waals surface area contributed by atoms with Crippen LogP contribution in [0.1, 0.15) is 29.8 Å². The molecule has 0 saturated heterocycles. The second-order valence-electron chi connectivity index (χ2n) is 3.93. The summed E-state index contributed by atoms with van der Waals surface area (Å²) in [6.45, 7) is 3.42. The molecule has 1 amide bonds. The van der Waals surface area contributed by atoms with Crippen molar-refractivity contribution in [2.75, 3.05) is 5.73 Å². The lowest BCUT2D eigenvalue weighted by Gasteiger charge is -2.13. The van der Waals surface area contributed by atoms with Crippen molar-refractivity contribution in [2.45, 2.75) is 26.1 Å². The Kier molecular flexibility index (Phi) is 5.54. The molecule has 102 valence electrons. The number of nitrogens with two attached hydrogens (primary N) is 1. The van der Waals surface area contributed by atoms with Crippen LogP contribution in [0.3, 0.4) is 0 Å². The van der Waals surface area contributed by atoms with Crippen molar-refractivity contribution < 1.29 is 18.0 Å². The average Bonchev–Trinajstić information content (AvgIpc) is 2.15. The molecule has 0 atom stereocenters. The van der Waals surface area contributed by atoms with Crippen LogP contribution in [0.25, 0.3) is 0 Å². The van der Waals surface area contributed by atoms with Crippen LogP contribution in [0, 0.1) is 0 Å². The van der Waals surface area contributed by atoms with Crippen LogP contribution < -0.4 is 11.1 Å². The smallest absolute Gasteiger partial charge is 0.398 e. The van der Waals surface area contributed by atoms with Crippen LogP contribution in [0.5, 0.6) is 0 Å². The summed E-state index contributed by atoms with van der Waals surface area (Å²) in [5.41, 5.74) is 4.46. The van der Waals surface area contributed by atoms with Gasteiger partial charge in [0.1, 0.15) is 0 Å². The highest BCUT2D eigenvalue weighted by molar-refractivity contribution is 7.59. The molecule has 0 aliphatic rings. The molecule has 0 fully saturated rings. The number of carbonyl (C=O) groups excluding carboxylic acids is 1. The van der Waals surface area contributed by atoms with Gasteiger partial charge in [0.05, 0.1) is 11.1 Å². The number of nitrogens with one attached hydrogen (secondary N) is 1. The van der Waals surface area contributed by atoms with Crippen molar-refractivity contribution in [1.29, 1.82) is 0 Å². The summed E-state index contributed by atoms with van der Waals surface area (Å²) in [6.07, 6.45) is -4.49. The summed E-state index contributed by atoms with van der Waals surface area (Å²) < 4.78 is 37.4. The number of alkyl halides is 3. The van der Waals surface area contributed by atoms with Gasteiger partial charge in [-0.15, -0.1) is 0 Å². The summed E-state index contributed by atoms with van der Waals surface area (Å²) >= 11 is 0. The van der Waals surface area contributed by atoms with Crippen LogP contribution in [0.4, 0.5) is 18.9 Å². The van der Waals surface area contributed by atoms with E-state index in [2.05, 4.69) is 5.32 Å². The first-order valence-corrected chi connectivity index (χ1v) is 4.99. The molecule has 1 aromatic rings. The van der Waals surface area contributed by atoms with Gasteiger partial charge in [-0.05, 0) is 32.0 Å². The van der Waals surface area contributed by atoms with Gasteiger partial charge >= 0.3 is 6.18 Å². The van der Waals surface area contributed by atoms with Crippen LogP contribution in [-0.2, 0) is 6.18 Å². The van der Waals surface area contributed by atoms with Crippen LogP contribution >= 0.6 is 13.5 Å². The summed E-state index contributed by atoms with van der Waals surface area (Å²) in [5.74, 6) is -0.608. The molecule has 0 aromatic heterocycles. The first kappa shape index (κ1) is 16.6. The molecule has 3 nitrogen and oxygen atoms in total. The molecular formula is C11H15F3N2OS. The van der Waals surface area contributed by atoms with E-state index in [9.17, 15) is 18.0 Å². The molecule has 0 unspecified atom stereocenters. The number of hydrogen-bond donors (Lipinski definition) is 2. The monoisotopic (exact) mass is 280 g/mol. The molecule has 3 N–H and O–H groups in total. The highest BCUT2D eigenvalue weighted by Crippen LogP contribution is 2.31. The lowest BCUT2D eigenvalue weighted by molar-refractivity contribution is -0.137. The number of benzene rings is 1. The lowest BCUT2D eigenvalue weighted by atomic mass is 10.1. The summed E-state index contributed by atoms with van der Waals surface area (Å²) in [4.78, 5) is 11.6. The topological polar surface area (TPSA) is 55.1 Å². The number of rotatable bonds is 2. The lowest BCUT2D eigenvalue weighted by Crippen LogP contribution is -2.30. The van der Waals surface area contributed by atoms with E-state index < -0.39 is 17.6 Å². The Morgan fingerprint density at radius 2 is 1.89 bits per heavy atom. The molecule has 0 aliphatic carbocycles. The molecule has 0 bridgehead atoms. The molecule has 0 heterocycles. The Morgan fingerprint density at radius 1 is 1.33 bits per heavy atom. The first-order chi connectivity index (χ1) is 7.71. The Bertz CT molecular complexity index is 433. The van der Waals surface area contributed by atoms with Gasteiger partial charge in [-0.1, -0.05) is 0 Å². The van der Waals surface area contributed by atoms with Crippen molar-refractivity contribution in [1.82, 2.24) is 5.32 Å². The zero-order chi connectivity index (χ0) is 13.2. The van der Waals surface area contributed by atoms with Gasteiger partial charge in [0.15, 0.2) is 0 Å². The van der Waals surface area contributed by atoms with Gasteiger partial charge in [0.25, 0.3) is 5.91 Å². The number of carbonyl (C=O) groups is 1. The van der Waals surface area contributed by atoms with E-state index in [1.54, 1.807) is 13.8 Å². The third-order valence-corrected chi connectivity index (χ3v) is 2.05. The van der Waals surface area contributed by atoms with Gasteiger partial charge < -0.3 is 11.1 Å². The standard InChI is InChI=1S/C11H13F3N2O.H2S/c1-6(2)16-10(17)8-5-7(11(12,13)14)3-4-9(8)15;/h3-6H,15H2,1-2H3,(H,16,17);1H2. The number of amides is 1. The second kappa shape index (κ2) is 5.99. The summed E-state index contributed by atoms with van der Waals surface area (Å²) in [6, 6.07) is 2.52. The molecule has 7 heteroatoms. The Morgan fingerprint density at radius 3 is 2.33 bits per heavy atom. The Hall–Kier alpha value is -1.37. The van der Waals surface area contributed by atoms with Gasteiger partial charge in [-0.3, -0.25) is 4.79 Å². The quantitative estimate of drug-likeness (QED) is 0.818. The zero-order valence-electron chi connectivity index (χ0n) is 9.93. The zero-order valence-corrected chi connectivity index (χ0v) is 10.9. The first-order valence-electron chi connectivity index (χ1n) is 4.99. The number of anilines is 1. The van der Waals surface area contributed by atoms with Crippen molar-refractivity contribution in [3.8, 4) is 0 Å². The van der Waals surface area contributed by atoms with Gasteiger partial charge in [0.2, 0.25) is 0 Å². The van der Waals surface area contributed by atoms with Gasteiger partial charge in [-0.25, -0.2) is 0 Å². The minimum atomic E-state index is -4.49. The van der Waals surface area contributed by atoms with Crippen molar-refractivity contribution in [3.05, 3.63) is 29.3 Å². The minimum absolute atomic E-state index is 0.